The van der Waals surface area contributed by atoms with Crippen molar-refractivity contribution in [2.24, 2.45) is 0 Å². The number of hydrogen-bond acceptors (Lipinski definition) is 4. The third kappa shape index (κ3) is 4.17. The number of aromatic nitrogens is 1. The van der Waals surface area contributed by atoms with Crippen molar-refractivity contribution in [3.05, 3.63) is 23.4 Å². The second-order valence-electron chi connectivity index (χ2n) is 6.90. The van der Waals surface area contributed by atoms with E-state index in [0.29, 0.717) is 17.4 Å². The summed E-state index contributed by atoms with van der Waals surface area (Å²) in [6.07, 6.45) is 2.11. The Kier molecular flexibility index (Phi) is 4.52. The summed E-state index contributed by atoms with van der Waals surface area (Å²) in [6.45, 7) is 8.24. The van der Waals surface area contributed by atoms with Crippen LogP contribution in [0.25, 0.3) is 0 Å². The SMILES string of the molecule is CN1CCC(Nc2cc(C(=O)O)cc(C(C)(C)C)n2)CC1. The number of likely N-dealkylation sites (tertiary alicyclic amines) is 1. The third-order valence-electron chi connectivity index (χ3n) is 3.91. The first kappa shape index (κ1) is 15.8. The number of hydrogen-bond donors (Lipinski definition) is 2. The molecule has 0 spiro atoms. The zero-order valence-electron chi connectivity index (χ0n) is 13.3. The molecule has 0 atom stereocenters. The molecule has 0 amide bonds. The Morgan fingerprint density at radius 3 is 2.48 bits per heavy atom. The molecule has 21 heavy (non-hydrogen) atoms. The first-order valence-corrected chi connectivity index (χ1v) is 7.46. The Balaban J connectivity index is 2.22. The van der Waals surface area contributed by atoms with E-state index in [9.17, 15) is 9.90 Å². The molecule has 0 unspecified atom stereocenters. The van der Waals surface area contributed by atoms with E-state index in [2.05, 4.69) is 22.2 Å². The van der Waals surface area contributed by atoms with Gasteiger partial charge in [-0.25, -0.2) is 9.78 Å². The highest BCUT2D eigenvalue weighted by Gasteiger charge is 2.21. The summed E-state index contributed by atoms with van der Waals surface area (Å²) in [4.78, 5) is 18.2. The molecular weight excluding hydrogens is 266 g/mol. The Morgan fingerprint density at radius 2 is 1.95 bits per heavy atom. The molecule has 1 aliphatic heterocycles. The summed E-state index contributed by atoms with van der Waals surface area (Å²) in [5.41, 5.74) is 0.928. The number of piperidine rings is 1. The Morgan fingerprint density at radius 1 is 1.33 bits per heavy atom. The van der Waals surface area contributed by atoms with Crippen LogP contribution in [0.1, 0.15) is 49.7 Å². The molecule has 1 aliphatic rings. The first-order valence-electron chi connectivity index (χ1n) is 7.46. The van der Waals surface area contributed by atoms with Gasteiger partial charge < -0.3 is 15.3 Å². The number of aromatic carboxylic acids is 1. The van der Waals surface area contributed by atoms with Gasteiger partial charge in [0.25, 0.3) is 0 Å². The highest BCUT2D eigenvalue weighted by molar-refractivity contribution is 5.88. The monoisotopic (exact) mass is 291 g/mol. The van der Waals surface area contributed by atoms with Crippen LogP contribution in [-0.2, 0) is 5.41 Å². The van der Waals surface area contributed by atoms with Gasteiger partial charge in [0.05, 0.1) is 5.56 Å². The average molecular weight is 291 g/mol. The second kappa shape index (κ2) is 6.02. The lowest BCUT2D eigenvalue weighted by atomic mass is 9.90. The van der Waals surface area contributed by atoms with Gasteiger partial charge in [-0.05, 0) is 45.1 Å². The van der Waals surface area contributed by atoms with Crippen LogP contribution >= 0.6 is 0 Å². The molecule has 0 bridgehead atoms. The van der Waals surface area contributed by atoms with Crippen LogP contribution < -0.4 is 5.32 Å². The van der Waals surface area contributed by atoms with Gasteiger partial charge in [0.1, 0.15) is 5.82 Å². The van der Waals surface area contributed by atoms with E-state index in [1.807, 2.05) is 20.8 Å². The van der Waals surface area contributed by atoms with Gasteiger partial charge in [-0.2, -0.15) is 0 Å². The number of rotatable bonds is 3. The number of nitrogens with zero attached hydrogens (tertiary/aromatic N) is 2. The summed E-state index contributed by atoms with van der Waals surface area (Å²) in [5.74, 6) is -0.233. The van der Waals surface area contributed by atoms with E-state index >= 15 is 0 Å². The van der Waals surface area contributed by atoms with Crippen molar-refractivity contribution in [3.63, 3.8) is 0 Å². The number of nitrogens with one attached hydrogen (secondary N) is 1. The van der Waals surface area contributed by atoms with Crippen LogP contribution in [0, 0.1) is 0 Å². The molecule has 1 aromatic heterocycles. The normalized spacial score (nSPS) is 17.7. The molecule has 1 fully saturated rings. The maximum Gasteiger partial charge on any atom is 0.335 e. The number of pyridine rings is 1. The summed E-state index contributed by atoms with van der Waals surface area (Å²) < 4.78 is 0. The molecule has 2 rings (SSSR count). The van der Waals surface area contributed by atoms with Gasteiger partial charge in [-0.15, -0.1) is 0 Å². The van der Waals surface area contributed by atoms with E-state index in [-0.39, 0.29) is 5.41 Å². The smallest absolute Gasteiger partial charge is 0.335 e. The third-order valence-corrected chi connectivity index (χ3v) is 3.91. The fourth-order valence-electron chi connectivity index (χ4n) is 2.47. The minimum absolute atomic E-state index is 0.172. The summed E-state index contributed by atoms with van der Waals surface area (Å²) in [6, 6.07) is 3.67. The number of carboxylic acids is 1. The lowest BCUT2D eigenvalue weighted by Gasteiger charge is -2.30. The van der Waals surface area contributed by atoms with Crippen molar-refractivity contribution in [2.75, 3.05) is 25.5 Å². The molecule has 0 radical (unpaired) electrons. The van der Waals surface area contributed by atoms with Crippen molar-refractivity contribution in [3.8, 4) is 0 Å². The zero-order chi connectivity index (χ0) is 15.6. The van der Waals surface area contributed by atoms with Crippen molar-refractivity contribution < 1.29 is 9.90 Å². The maximum atomic E-state index is 11.3. The average Bonchev–Trinajstić information content (AvgIpc) is 2.40. The van der Waals surface area contributed by atoms with Crippen LogP contribution in [-0.4, -0.2) is 47.1 Å². The molecular formula is C16H25N3O2. The maximum absolute atomic E-state index is 11.3. The quantitative estimate of drug-likeness (QED) is 0.896. The predicted molar refractivity (Wildman–Crippen MR) is 84.0 cm³/mol. The molecule has 0 aliphatic carbocycles. The van der Waals surface area contributed by atoms with E-state index < -0.39 is 5.97 Å². The lowest BCUT2D eigenvalue weighted by Crippen LogP contribution is -2.37. The van der Waals surface area contributed by atoms with E-state index in [0.717, 1.165) is 31.6 Å². The zero-order valence-corrected chi connectivity index (χ0v) is 13.3. The minimum atomic E-state index is -0.908. The molecule has 5 nitrogen and oxygen atoms in total. The largest absolute Gasteiger partial charge is 0.478 e. The Labute approximate surface area is 126 Å². The van der Waals surface area contributed by atoms with Crippen LogP contribution in [0.3, 0.4) is 0 Å². The summed E-state index contributed by atoms with van der Waals surface area (Å²) in [5, 5.41) is 12.7. The summed E-state index contributed by atoms with van der Waals surface area (Å²) >= 11 is 0. The van der Waals surface area contributed by atoms with E-state index in [1.54, 1.807) is 12.1 Å². The standard InChI is InChI=1S/C16H25N3O2/c1-16(2,3)13-9-11(15(20)21)10-14(18-13)17-12-5-7-19(4)8-6-12/h9-10,12H,5-8H2,1-4H3,(H,17,18)(H,20,21). The van der Waals surface area contributed by atoms with Crippen molar-refractivity contribution in [2.45, 2.75) is 45.1 Å². The molecule has 2 heterocycles. The Hall–Kier alpha value is -1.62. The second-order valence-corrected chi connectivity index (χ2v) is 6.90. The first-order chi connectivity index (χ1) is 9.75. The van der Waals surface area contributed by atoms with Gasteiger partial charge in [0.15, 0.2) is 0 Å². The van der Waals surface area contributed by atoms with Crippen LogP contribution in [0.2, 0.25) is 0 Å². The van der Waals surface area contributed by atoms with Gasteiger partial charge in [0.2, 0.25) is 0 Å². The molecule has 5 heteroatoms. The van der Waals surface area contributed by atoms with Crippen molar-refractivity contribution in [1.82, 2.24) is 9.88 Å². The topological polar surface area (TPSA) is 65.5 Å². The van der Waals surface area contributed by atoms with Crippen LogP contribution in [0.4, 0.5) is 5.82 Å². The van der Waals surface area contributed by atoms with Crippen LogP contribution in [0.15, 0.2) is 12.1 Å². The van der Waals surface area contributed by atoms with Gasteiger partial charge in [-0.1, -0.05) is 20.8 Å². The van der Waals surface area contributed by atoms with Gasteiger partial charge >= 0.3 is 5.97 Å². The fourth-order valence-corrected chi connectivity index (χ4v) is 2.47. The van der Waals surface area contributed by atoms with Crippen LogP contribution in [0.5, 0.6) is 0 Å². The lowest BCUT2D eigenvalue weighted by molar-refractivity contribution is 0.0696. The molecule has 1 saturated heterocycles. The highest BCUT2D eigenvalue weighted by Crippen LogP contribution is 2.24. The number of carbonyl (C=O) groups is 1. The molecule has 0 aromatic carbocycles. The highest BCUT2D eigenvalue weighted by atomic mass is 16.4. The molecule has 1 aromatic rings. The summed E-state index contributed by atoms with van der Waals surface area (Å²) in [7, 11) is 2.12. The van der Waals surface area contributed by atoms with E-state index in [1.165, 1.54) is 0 Å². The van der Waals surface area contributed by atoms with Gasteiger partial charge in [0, 0.05) is 17.2 Å². The van der Waals surface area contributed by atoms with Gasteiger partial charge in [-0.3, -0.25) is 0 Å². The molecule has 0 saturated carbocycles. The fraction of sp³-hybridized carbons (Fsp3) is 0.625. The van der Waals surface area contributed by atoms with E-state index in [4.69, 9.17) is 0 Å². The number of anilines is 1. The minimum Gasteiger partial charge on any atom is -0.478 e. The number of carboxylic acid groups (broad SMARTS) is 1. The van der Waals surface area contributed by atoms with Crippen molar-refractivity contribution in [1.29, 1.82) is 0 Å². The predicted octanol–water partition coefficient (Wildman–Crippen LogP) is 2.58. The molecule has 2 N–H and O–H groups in total. The van der Waals surface area contributed by atoms with Crippen molar-refractivity contribution >= 4 is 11.8 Å². The Bertz CT molecular complexity index is 515. The molecule has 116 valence electrons.